The highest BCUT2D eigenvalue weighted by atomic mass is 79.9. The Morgan fingerprint density at radius 3 is 2.17 bits per heavy atom. The highest BCUT2D eigenvalue weighted by Gasteiger charge is 2.23. The Balaban J connectivity index is 1.38. The number of carbonyl (C=O) groups is 3. The van der Waals surface area contributed by atoms with Gasteiger partial charge in [-0.15, -0.1) is 0 Å². The number of anilines is 1. The number of para-hydroxylation sites is 1. The van der Waals surface area contributed by atoms with Crippen LogP contribution in [0, 0.1) is 0 Å². The Labute approximate surface area is 179 Å². The van der Waals surface area contributed by atoms with Crippen molar-refractivity contribution in [3.05, 3.63) is 64.6 Å². The predicted octanol–water partition coefficient (Wildman–Crippen LogP) is 3.19. The fourth-order valence-electron chi connectivity index (χ4n) is 3.24. The lowest BCUT2D eigenvalue weighted by Crippen LogP contribution is -2.50. The molecule has 2 aromatic carbocycles. The van der Waals surface area contributed by atoms with Gasteiger partial charge in [0.2, 0.25) is 11.8 Å². The van der Waals surface area contributed by atoms with Crippen LogP contribution in [0.5, 0.6) is 0 Å². The standard InChI is InChI=1S/C22H24BrN3O3/c23-18-8-6-17(7-9-18)20(27)10-11-22(29)26-14-12-25(13-15-26)16-21(28)24-19-4-2-1-3-5-19/h1-9H,10-16H2,(H,24,28). The molecule has 0 spiro atoms. The molecule has 0 bridgehead atoms. The van der Waals surface area contributed by atoms with Crippen LogP contribution in [0.1, 0.15) is 23.2 Å². The first-order chi connectivity index (χ1) is 14.0. The summed E-state index contributed by atoms with van der Waals surface area (Å²) in [5.41, 5.74) is 1.40. The number of piperazine rings is 1. The van der Waals surface area contributed by atoms with Crippen molar-refractivity contribution in [2.45, 2.75) is 12.8 Å². The molecule has 0 aromatic heterocycles. The van der Waals surface area contributed by atoms with Crippen molar-refractivity contribution in [1.82, 2.24) is 9.80 Å². The van der Waals surface area contributed by atoms with E-state index < -0.39 is 0 Å². The summed E-state index contributed by atoms with van der Waals surface area (Å²) < 4.78 is 0.917. The van der Waals surface area contributed by atoms with Gasteiger partial charge in [0, 0.05) is 54.7 Å². The molecule has 0 atom stereocenters. The maximum Gasteiger partial charge on any atom is 0.238 e. The third kappa shape index (κ3) is 6.51. The number of nitrogens with one attached hydrogen (secondary N) is 1. The lowest BCUT2D eigenvalue weighted by molar-refractivity contribution is -0.133. The SMILES string of the molecule is O=C(CN1CCN(C(=O)CCC(=O)c2ccc(Br)cc2)CC1)Nc1ccccc1. The molecule has 0 saturated carbocycles. The molecule has 3 rings (SSSR count). The number of ketones is 1. The first-order valence-corrected chi connectivity index (χ1v) is 10.4. The second-order valence-corrected chi connectivity index (χ2v) is 7.92. The fraction of sp³-hybridized carbons (Fsp3) is 0.318. The number of hydrogen-bond donors (Lipinski definition) is 1. The van der Waals surface area contributed by atoms with Crippen molar-refractivity contribution < 1.29 is 14.4 Å². The normalized spacial score (nSPS) is 14.4. The van der Waals surface area contributed by atoms with Gasteiger partial charge in [0.1, 0.15) is 0 Å². The molecule has 6 nitrogen and oxygen atoms in total. The summed E-state index contributed by atoms with van der Waals surface area (Å²) in [5, 5.41) is 2.87. The minimum Gasteiger partial charge on any atom is -0.340 e. The topological polar surface area (TPSA) is 69.7 Å². The molecular formula is C22H24BrN3O3. The Hall–Kier alpha value is -2.51. The van der Waals surface area contributed by atoms with Crippen LogP contribution in [0.3, 0.4) is 0 Å². The number of carbonyl (C=O) groups excluding carboxylic acids is 3. The zero-order valence-electron chi connectivity index (χ0n) is 16.1. The molecule has 2 aromatic rings. The van der Waals surface area contributed by atoms with Crippen LogP contribution in [0.25, 0.3) is 0 Å². The highest BCUT2D eigenvalue weighted by Crippen LogP contribution is 2.14. The number of benzene rings is 2. The lowest BCUT2D eigenvalue weighted by Gasteiger charge is -2.34. The van der Waals surface area contributed by atoms with E-state index in [1.807, 2.05) is 47.4 Å². The first-order valence-electron chi connectivity index (χ1n) is 9.65. The quantitative estimate of drug-likeness (QED) is 0.648. The van der Waals surface area contributed by atoms with Gasteiger partial charge in [-0.05, 0) is 24.3 Å². The van der Waals surface area contributed by atoms with Crippen molar-refractivity contribution in [1.29, 1.82) is 0 Å². The van der Waals surface area contributed by atoms with Crippen molar-refractivity contribution in [2.24, 2.45) is 0 Å². The van der Waals surface area contributed by atoms with Crippen LogP contribution < -0.4 is 5.32 Å². The summed E-state index contributed by atoms with van der Waals surface area (Å²) in [7, 11) is 0. The Morgan fingerprint density at radius 2 is 1.52 bits per heavy atom. The van der Waals surface area contributed by atoms with Gasteiger partial charge in [-0.25, -0.2) is 0 Å². The molecule has 29 heavy (non-hydrogen) atoms. The van der Waals surface area contributed by atoms with E-state index in [2.05, 4.69) is 21.2 Å². The van der Waals surface area contributed by atoms with E-state index in [0.29, 0.717) is 38.3 Å². The molecule has 0 radical (unpaired) electrons. The number of Topliss-reactive ketones (excluding diaryl/α,β-unsaturated/α-hetero) is 1. The van der Waals surface area contributed by atoms with Crippen LogP contribution >= 0.6 is 15.9 Å². The summed E-state index contributed by atoms with van der Waals surface area (Å²) in [4.78, 5) is 40.6. The number of amides is 2. The molecule has 0 unspecified atom stereocenters. The second kappa shape index (κ2) is 10.3. The van der Waals surface area contributed by atoms with E-state index >= 15 is 0 Å². The van der Waals surface area contributed by atoms with Crippen LogP contribution in [0.2, 0.25) is 0 Å². The second-order valence-electron chi connectivity index (χ2n) is 7.00. The minimum absolute atomic E-state index is 0.0103. The third-order valence-electron chi connectivity index (χ3n) is 4.88. The summed E-state index contributed by atoms with van der Waals surface area (Å²) in [6.45, 7) is 2.75. The van der Waals surface area contributed by atoms with Gasteiger partial charge in [0.25, 0.3) is 0 Å². The van der Waals surface area contributed by atoms with Crippen molar-refractivity contribution in [3.63, 3.8) is 0 Å². The Kier molecular flexibility index (Phi) is 7.55. The monoisotopic (exact) mass is 457 g/mol. The van der Waals surface area contributed by atoms with E-state index in [0.717, 1.165) is 10.2 Å². The molecule has 152 valence electrons. The molecule has 1 N–H and O–H groups in total. The maximum atomic E-state index is 12.4. The zero-order valence-corrected chi connectivity index (χ0v) is 17.7. The van der Waals surface area contributed by atoms with Crippen molar-refractivity contribution >= 4 is 39.2 Å². The molecule has 1 saturated heterocycles. The number of rotatable bonds is 7. The van der Waals surface area contributed by atoms with Crippen LogP contribution in [-0.2, 0) is 9.59 Å². The van der Waals surface area contributed by atoms with E-state index in [-0.39, 0.29) is 30.4 Å². The summed E-state index contributed by atoms with van der Waals surface area (Å²) in [5.74, 6) is -0.0954. The molecule has 1 aliphatic heterocycles. The van der Waals surface area contributed by atoms with E-state index in [9.17, 15) is 14.4 Å². The van der Waals surface area contributed by atoms with Gasteiger partial charge >= 0.3 is 0 Å². The maximum absolute atomic E-state index is 12.4. The zero-order chi connectivity index (χ0) is 20.6. The van der Waals surface area contributed by atoms with Gasteiger partial charge < -0.3 is 10.2 Å². The fourth-order valence-corrected chi connectivity index (χ4v) is 3.50. The van der Waals surface area contributed by atoms with E-state index in [4.69, 9.17) is 0 Å². The van der Waals surface area contributed by atoms with Gasteiger partial charge in [0.15, 0.2) is 5.78 Å². The number of hydrogen-bond acceptors (Lipinski definition) is 4. The van der Waals surface area contributed by atoms with Crippen molar-refractivity contribution in [3.8, 4) is 0 Å². The third-order valence-corrected chi connectivity index (χ3v) is 5.41. The molecular weight excluding hydrogens is 434 g/mol. The Morgan fingerprint density at radius 1 is 0.862 bits per heavy atom. The molecule has 1 aliphatic rings. The number of halogens is 1. The molecule has 0 aliphatic carbocycles. The van der Waals surface area contributed by atoms with Gasteiger partial charge in [0.05, 0.1) is 6.54 Å². The highest BCUT2D eigenvalue weighted by molar-refractivity contribution is 9.10. The molecule has 1 fully saturated rings. The van der Waals surface area contributed by atoms with E-state index in [1.54, 1.807) is 17.0 Å². The summed E-state index contributed by atoms with van der Waals surface area (Å²) >= 11 is 3.34. The van der Waals surface area contributed by atoms with Crippen LogP contribution in [-0.4, -0.2) is 60.1 Å². The van der Waals surface area contributed by atoms with Crippen molar-refractivity contribution in [2.75, 3.05) is 38.0 Å². The van der Waals surface area contributed by atoms with Crippen LogP contribution in [0.4, 0.5) is 5.69 Å². The van der Waals surface area contributed by atoms with Gasteiger partial charge in [-0.2, -0.15) is 0 Å². The summed E-state index contributed by atoms with van der Waals surface area (Å²) in [6, 6.07) is 16.5. The molecule has 2 amide bonds. The van der Waals surface area contributed by atoms with E-state index in [1.165, 1.54) is 0 Å². The largest absolute Gasteiger partial charge is 0.340 e. The lowest BCUT2D eigenvalue weighted by atomic mass is 10.1. The van der Waals surface area contributed by atoms with Gasteiger partial charge in [-0.3, -0.25) is 19.3 Å². The molecule has 1 heterocycles. The smallest absolute Gasteiger partial charge is 0.238 e. The van der Waals surface area contributed by atoms with Gasteiger partial charge in [-0.1, -0.05) is 46.3 Å². The average Bonchev–Trinajstić information content (AvgIpc) is 2.73. The number of nitrogens with zero attached hydrogens (tertiary/aromatic N) is 2. The predicted molar refractivity (Wildman–Crippen MR) is 116 cm³/mol. The Bertz CT molecular complexity index is 847. The van der Waals surface area contributed by atoms with Crippen LogP contribution in [0.15, 0.2) is 59.1 Å². The summed E-state index contributed by atoms with van der Waals surface area (Å²) in [6.07, 6.45) is 0.420. The minimum atomic E-state index is -0.0592. The molecule has 7 heteroatoms. The first kappa shape index (κ1) is 21.2. The average molecular weight is 458 g/mol.